The number of anilines is 1. The van der Waals surface area contributed by atoms with Crippen LogP contribution in [0.2, 0.25) is 0 Å². The molecule has 1 aliphatic rings. The standard InChI is InChI=1S/C21H22N6O2/c28-19(16-5-7-18(8-6-16)29-21-23-10-4-11-24-21)25-15-17-9-12-22-20(26-17)27-13-2-1-3-14-27/h4-12H,1-3,13-15H2,(H,25,28). The number of rotatable bonds is 6. The fourth-order valence-electron chi connectivity index (χ4n) is 3.12. The van der Waals surface area contributed by atoms with E-state index in [1.165, 1.54) is 19.3 Å². The molecule has 0 bridgehead atoms. The molecule has 29 heavy (non-hydrogen) atoms. The Labute approximate surface area is 169 Å². The highest BCUT2D eigenvalue weighted by molar-refractivity contribution is 5.94. The van der Waals surface area contributed by atoms with E-state index < -0.39 is 0 Å². The zero-order valence-corrected chi connectivity index (χ0v) is 16.0. The number of ether oxygens (including phenoxy) is 1. The van der Waals surface area contributed by atoms with Gasteiger partial charge in [0.1, 0.15) is 5.75 Å². The van der Waals surface area contributed by atoms with Gasteiger partial charge in [-0.3, -0.25) is 4.79 Å². The van der Waals surface area contributed by atoms with E-state index in [1.54, 1.807) is 48.9 Å². The smallest absolute Gasteiger partial charge is 0.321 e. The minimum absolute atomic E-state index is 0.175. The molecule has 0 atom stereocenters. The molecule has 0 aliphatic carbocycles. The molecule has 0 unspecified atom stereocenters. The number of benzene rings is 1. The maximum Gasteiger partial charge on any atom is 0.321 e. The first-order valence-corrected chi connectivity index (χ1v) is 9.68. The van der Waals surface area contributed by atoms with Crippen LogP contribution in [0.4, 0.5) is 5.95 Å². The third-order valence-electron chi connectivity index (χ3n) is 4.64. The topological polar surface area (TPSA) is 93.1 Å². The van der Waals surface area contributed by atoms with Gasteiger partial charge in [-0.15, -0.1) is 0 Å². The third-order valence-corrected chi connectivity index (χ3v) is 4.64. The fourth-order valence-corrected chi connectivity index (χ4v) is 3.12. The van der Waals surface area contributed by atoms with E-state index in [0.717, 1.165) is 24.7 Å². The van der Waals surface area contributed by atoms with Crippen LogP contribution in [-0.4, -0.2) is 38.9 Å². The summed E-state index contributed by atoms with van der Waals surface area (Å²) in [6, 6.07) is 10.6. The first kappa shape index (κ1) is 18.8. The van der Waals surface area contributed by atoms with Crippen LogP contribution in [0.25, 0.3) is 0 Å². The normalized spacial score (nSPS) is 13.7. The van der Waals surface area contributed by atoms with Crippen molar-refractivity contribution in [1.29, 1.82) is 0 Å². The lowest BCUT2D eigenvalue weighted by Crippen LogP contribution is -2.31. The second kappa shape index (κ2) is 9.09. The Morgan fingerprint density at radius 2 is 1.72 bits per heavy atom. The summed E-state index contributed by atoms with van der Waals surface area (Å²) in [5.74, 6) is 1.13. The highest BCUT2D eigenvalue weighted by Gasteiger charge is 2.14. The van der Waals surface area contributed by atoms with Gasteiger partial charge in [0.25, 0.3) is 5.91 Å². The van der Waals surface area contributed by atoms with Gasteiger partial charge in [0.05, 0.1) is 12.2 Å². The predicted octanol–water partition coefficient (Wildman–Crippen LogP) is 2.98. The second-order valence-electron chi connectivity index (χ2n) is 6.74. The van der Waals surface area contributed by atoms with Gasteiger partial charge in [-0.25, -0.2) is 19.9 Å². The number of hydrogen-bond donors (Lipinski definition) is 1. The van der Waals surface area contributed by atoms with E-state index in [1.807, 2.05) is 6.07 Å². The van der Waals surface area contributed by atoms with Crippen LogP contribution >= 0.6 is 0 Å². The first-order valence-electron chi connectivity index (χ1n) is 9.68. The van der Waals surface area contributed by atoms with Crippen molar-refractivity contribution in [2.75, 3.05) is 18.0 Å². The molecule has 1 aromatic carbocycles. The molecule has 1 saturated heterocycles. The molecule has 0 saturated carbocycles. The highest BCUT2D eigenvalue weighted by Crippen LogP contribution is 2.18. The number of carbonyl (C=O) groups excluding carboxylic acids is 1. The molecular formula is C21H22N6O2. The molecule has 1 amide bonds. The predicted molar refractivity (Wildman–Crippen MR) is 108 cm³/mol. The SMILES string of the molecule is O=C(NCc1ccnc(N2CCCCC2)n1)c1ccc(Oc2ncccn2)cc1. The second-order valence-corrected chi connectivity index (χ2v) is 6.74. The monoisotopic (exact) mass is 390 g/mol. The van der Waals surface area contributed by atoms with E-state index in [9.17, 15) is 4.79 Å². The van der Waals surface area contributed by atoms with E-state index >= 15 is 0 Å². The van der Waals surface area contributed by atoms with Gasteiger partial charge in [-0.1, -0.05) is 0 Å². The molecule has 0 radical (unpaired) electrons. The summed E-state index contributed by atoms with van der Waals surface area (Å²) in [6.45, 7) is 2.31. The molecule has 2 aromatic heterocycles. The zero-order chi connectivity index (χ0) is 19.9. The van der Waals surface area contributed by atoms with Crippen LogP contribution in [0, 0.1) is 0 Å². The summed E-state index contributed by atoms with van der Waals surface area (Å²) >= 11 is 0. The Morgan fingerprint density at radius 1 is 0.966 bits per heavy atom. The molecule has 1 aliphatic heterocycles. The van der Waals surface area contributed by atoms with Crippen molar-refractivity contribution in [2.24, 2.45) is 0 Å². The van der Waals surface area contributed by atoms with Crippen LogP contribution < -0.4 is 15.0 Å². The number of piperidine rings is 1. The van der Waals surface area contributed by atoms with Crippen molar-refractivity contribution in [3.8, 4) is 11.8 Å². The molecule has 8 nitrogen and oxygen atoms in total. The third kappa shape index (κ3) is 5.04. The van der Waals surface area contributed by atoms with Gasteiger partial charge < -0.3 is 15.0 Å². The van der Waals surface area contributed by atoms with Crippen molar-refractivity contribution in [3.05, 3.63) is 66.2 Å². The van der Waals surface area contributed by atoms with Crippen LogP contribution in [0.3, 0.4) is 0 Å². The van der Waals surface area contributed by atoms with E-state index in [4.69, 9.17) is 4.74 Å². The summed E-state index contributed by atoms with van der Waals surface area (Å²) in [7, 11) is 0. The Bertz CT molecular complexity index is 943. The highest BCUT2D eigenvalue weighted by atomic mass is 16.5. The van der Waals surface area contributed by atoms with Crippen LogP contribution in [-0.2, 0) is 6.54 Å². The molecule has 148 valence electrons. The average Bonchev–Trinajstić information content (AvgIpc) is 2.79. The summed E-state index contributed by atoms with van der Waals surface area (Å²) in [5, 5.41) is 2.90. The molecule has 0 spiro atoms. The number of carbonyl (C=O) groups is 1. The van der Waals surface area contributed by atoms with Gasteiger partial charge in [-0.05, 0) is 55.7 Å². The Morgan fingerprint density at radius 3 is 2.48 bits per heavy atom. The molecule has 4 rings (SSSR count). The Kier molecular flexibility index (Phi) is 5.89. The Hall–Kier alpha value is -3.55. The molecule has 3 aromatic rings. The maximum atomic E-state index is 12.4. The lowest BCUT2D eigenvalue weighted by atomic mass is 10.1. The van der Waals surface area contributed by atoms with Crippen molar-refractivity contribution < 1.29 is 9.53 Å². The minimum atomic E-state index is -0.175. The lowest BCUT2D eigenvalue weighted by molar-refractivity contribution is 0.0950. The Balaban J connectivity index is 1.33. The maximum absolute atomic E-state index is 12.4. The molecule has 1 N–H and O–H groups in total. The number of aromatic nitrogens is 4. The van der Waals surface area contributed by atoms with Gasteiger partial charge in [0.15, 0.2) is 0 Å². The van der Waals surface area contributed by atoms with Crippen LogP contribution in [0.1, 0.15) is 35.3 Å². The lowest BCUT2D eigenvalue weighted by Gasteiger charge is -2.26. The number of amides is 1. The van der Waals surface area contributed by atoms with Crippen molar-refractivity contribution in [2.45, 2.75) is 25.8 Å². The van der Waals surface area contributed by atoms with E-state index in [-0.39, 0.29) is 11.9 Å². The van der Waals surface area contributed by atoms with Gasteiger partial charge >= 0.3 is 6.01 Å². The molecule has 8 heteroatoms. The van der Waals surface area contributed by atoms with Crippen molar-refractivity contribution >= 4 is 11.9 Å². The van der Waals surface area contributed by atoms with Crippen molar-refractivity contribution in [1.82, 2.24) is 25.3 Å². The minimum Gasteiger partial charge on any atom is -0.424 e. The number of nitrogens with zero attached hydrogens (tertiary/aromatic N) is 5. The summed E-state index contributed by atoms with van der Waals surface area (Å²) in [6.07, 6.45) is 8.55. The van der Waals surface area contributed by atoms with Gasteiger partial charge in [0.2, 0.25) is 5.95 Å². The summed E-state index contributed by atoms with van der Waals surface area (Å²) < 4.78 is 5.54. The molecule has 3 heterocycles. The van der Waals surface area contributed by atoms with Crippen LogP contribution in [0.15, 0.2) is 55.0 Å². The summed E-state index contributed by atoms with van der Waals surface area (Å²) in [5.41, 5.74) is 1.33. The molecule has 1 fully saturated rings. The number of nitrogens with one attached hydrogen (secondary N) is 1. The fraction of sp³-hybridized carbons (Fsp3) is 0.286. The largest absolute Gasteiger partial charge is 0.424 e. The van der Waals surface area contributed by atoms with Gasteiger partial charge in [-0.2, -0.15) is 0 Å². The van der Waals surface area contributed by atoms with E-state index in [2.05, 4.69) is 30.2 Å². The summed E-state index contributed by atoms with van der Waals surface area (Å²) in [4.78, 5) is 31.6. The van der Waals surface area contributed by atoms with Crippen LogP contribution in [0.5, 0.6) is 11.8 Å². The quantitative estimate of drug-likeness (QED) is 0.691. The van der Waals surface area contributed by atoms with Crippen molar-refractivity contribution in [3.63, 3.8) is 0 Å². The molecular weight excluding hydrogens is 368 g/mol. The van der Waals surface area contributed by atoms with E-state index in [0.29, 0.717) is 17.9 Å². The number of hydrogen-bond acceptors (Lipinski definition) is 7. The average molecular weight is 390 g/mol. The van der Waals surface area contributed by atoms with Gasteiger partial charge in [0, 0.05) is 37.2 Å². The first-order chi connectivity index (χ1) is 14.3. The zero-order valence-electron chi connectivity index (χ0n) is 16.0.